The second kappa shape index (κ2) is 7.33. The number of hydrogen-bond acceptors (Lipinski definition) is 4. The fourth-order valence-corrected chi connectivity index (χ4v) is 3.18. The van der Waals surface area contributed by atoms with Crippen molar-refractivity contribution in [2.24, 2.45) is 0 Å². The van der Waals surface area contributed by atoms with Gasteiger partial charge in [-0.25, -0.2) is 4.98 Å². The first-order valence-corrected chi connectivity index (χ1v) is 8.62. The first-order valence-electron chi connectivity index (χ1n) is 8.62. The van der Waals surface area contributed by atoms with E-state index in [9.17, 15) is 5.11 Å². The van der Waals surface area contributed by atoms with Gasteiger partial charge in [-0.2, -0.15) is 0 Å². The van der Waals surface area contributed by atoms with Crippen LogP contribution in [0.1, 0.15) is 0 Å². The molecule has 26 heavy (non-hydrogen) atoms. The first kappa shape index (κ1) is 16.2. The Balaban J connectivity index is 2.08. The van der Waals surface area contributed by atoms with Crippen LogP contribution in [0.15, 0.2) is 79.1 Å². The van der Waals surface area contributed by atoms with E-state index < -0.39 is 0 Å². The van der Waals surface area contributed by atoms with Gasteiger partial charge in [-0.15, -0.1) is 0 Å². The van der Waals surface area contributed by atoms with Crippen molar-refractivity contribution in [3.63, 3.8) is 0 Å². The lowest BCUT2D eigenvalue weighted by molar-refractivity contribution is 0.311. The van der Waals surface area contributed by atoms with Crippen molar-refractivity contribution in [2.75, 3.05) is 18.5 Å². The number of para-hydroxylation sites is 1. The molecule has 4 rings (SSSR count). The SMILES string of the molecule is OCCNc1c(-c2ccncc2)c(-c2ccccc2)nc2ccccc12. The van der Waals surface area contributed by atoms with Crippen LogP contribution in [0.5, 0.6) is 0 Å². The lowest BCUT2D eigenvalue weighted by Gasteiger charge is -2.18. The van der Waals surface area contributed by atoms with E-state index in [-0.39, 0.29) is 6.61 Å². The van der Waals surface area contributed by atoms with Gasteiger partial charge in [0.05, 0.1) is 23.5 Å². The predicted octanol–water partition coefficient (Wildman–Crippen LogP) is 4.37. The molecule has 4 nitrogen and oxygen atoms in total. The summed E-state index contributed by atoms with van der Waals surface area (Å²) in [6.07, 6.45) is 3.57. The second-order valence-electron chi connectivity index (χ2n) is 5.98. The summed E-state index contributed by atoms with van der Waals surface area (Å²) < 4.78 is 0. The van der Waals surface area contributed by atoms with E-state index >= 15 is 0 Å². The maximum absolute atomic E-state index is 9.36. The largest absolute Gasteiger partial charge is 0.395 e. The summed E-state index contributed by atoms with van der Waals surface area (Å²) in [4.78, 5) is 9.11. The van der Waals surface area contributed by atoms with Crippen molar-refractivity contribution in [1.29, 1.82) is 0 Å². The van der Waals surface area contributed by atoms with Crippen molar-refractivity contribution in [3.8, 4) is 22.4 Å². The van der Waals surface area contributed by atoms with E-state index in [1.54, 1.807) is 12.4 Å². The van der Waals surface area contributed by atoms with Crippen molar-refractivity contribution in [3.05, 3.63) is 79.1 Å². The van der Waals surface area contributed by atoms with Gasteiger partial charge < -0.3 is 10.4 Å². The van der Waals surface area contributed by atoms with E-state index in [0.29, 0.717) is 6.54 Å². The number of hydrogen-bond donors (Lipinski definition) is 2. The van der Waals surface area contributed by atoms with Crippen LogP contribution >= 0.6 is 0 Å². The number of nitrogens with one attached hydrogen (secondary N) is 1. The van der Waals surface area contributed by atoms with Gasteiger partial charge in [-0.3, -0.25) is 4.98 Å². The zero-order valence-electron chi connectivity index (χ0n) is 14.3. The van der Waals surface area contributed by atoms with Crippen molar-refractivity contribution >= 4 is 16.6 Å². The van der Waals surface area contributed by atoms with Crippen LogP contribution in [0.4, 0.5) is 5.69 Å². The van der Waals surface area contributed by atoms with Crippen LogP contribution in [0, 0.1) is 0 Å². The number of aromatic nitrogens is 2. The van der Waals surface area contributed by atoms with Crippen molar-refractivity contribution < 1.29 is 5.11 Å². The molecule has 0 aliphatic heterocycles. The molecule has 0 saturated heterocycles. The van der Waals surface area contributed by atoms with E-state index in [2.05, 4.69) is 28.5 Å². The van der Waals surface area contributed by atoms with E-state index in [4.69, 9.17) is 4.98 Å². The Bertz CT molecular complexity index is 1020. The molecule has 0 fully saturated rings. The molecule has 2 heterocycles. The Labute approximate surface area is 152 Å². The minimum atomic E-state index is 0.0626. The van der Waals surface area contributed by atoms with Crippen LogP contribution in [-0.4, -0.2) is 28.2 Å². The van der Waals surface area contributed by atoms with Crippen LogP contribution in [-0.2, 0) is 0 Å². The molecule has 4 aromatic rings. The molecule has 0 saturated carbocycles. The van der Waals surface area contributed by atoms with Crippen LogP contribution in [0.25, 0.3) is 33.3 Å². The Morgan fingerprint density at radius 1 is 0.808 bits per heavy atom. The van der Waals surface area contributed by atoms with E-state index in [0.717, 1.165) is 39.0 Å². The Hall–Kier alpha value is -3.24. The standard InChI is InChI=1S/C22H19N3O/c26-15-14-24-22-18-8-4-5-9-19(18)25-21(17-6-2-1-3-7-17)20(22)16-10-12-23-13-11-16/h1-13,26H,14-15H2,(H,24,25). The van der Waals surface area contributed by atoms with E-state index in [1.165, 1.54) is 0 Å². The lowest BCUT2D eigenvalue weighted by atomic mass is 9.95. The third kappa shape index (κ3) is 3.03. The summed E-state index contributed by atoms with van der Waals surface area (Å²) in [5.41, 5.74) is 5.93. The highest BCUT2D eigenvalue weighted by Gasteiger charge is 2.17. The van der Waals surface area contributed by atoms with Gasteiger partial charge in [0, 0.05) is 35.5 Å². The molecule has 0 aliphatic rings. The first-order chi connectivity index (χ1) is 12.9. The fraction of sp³-hybridized carbons (Fsp3) is 0.0909. The molecule has 0 aliphatic carbocycles. The monoisotopic (exact) mass is 341 g/mol. The number of aliphatic hydroxyl groups is 1. The molecule has 0 radical (unpaired) electrons. The number of aliphatic hydroxyl groups excluding tert-OH is 1. The number of nitrogens with zero attached hydrogens (tertiary/aromatic N) is 2. The number of pyridine rings is 2. The molecule has 0 amide bonds. The van der Waals surface area contributed by atoms with Crippen LogP contribution in [0.2, 0.25) is 0 Å². The smallest absolute Gasteiger partial charge is 0.0808 e. The summed E-state index contributed by atoms with van der Waals surface area (Å²) in [6, 6.07) is 22.2. The molecule has 128 valence electrons. The molecule has 0 spiro atoms. The molecular weight excluding hydrogens is 322 g/mol. The Kier molecular flexibility index (Phi) is 4.58. The Morgan fingerprint density at radius 3 is 2.31 bits per heavy atom. The third-order valence-electron chi connectivity index (χ3n) is 4.32. The average molecular weight is 341 g/mol. The summed E-state index contributed by atoms with van der Waals surface area (Å²) in [7, 11) is 0. The topological polar surface area (TPSA) is 58.0 Å². The molecule has 2 aromatic heterocycles. The normalized spacial score (nSPS) is 10.8. The van der Waals surface area contributed by atoms with E-state index in [1.807, 2.05) is 48.5 Å². The fourth-order valence-electron chi connectivity index (χ4n) is 3.18. The minimum Gasteiger partial charge on any atom is -0.395 e. The van der Waals surface area contributed by atoms with Gasteiger partial charge in [-0.1, -0.05) is 48.5 Å². The van der Waals surface area contributed by atoms with Crippen LogP contribution < -0.4 is 5.32 Å². The van der Waals surface area contributed by atoms with Crippen LogP contribution in [0.3, 0.4) is 0 Å². The lowest BCUT2D eigenvalue weighted by Crippen LogP contribution is -2.08. The highest BCUT2D eigenvalue weighted by Crippen LogP contribution is 2.40. The predicted molar refractivity (Wildman–Crippen MR) is 106 cm³/mol. The summed E-state index contributed by atoms with van der Waals surface area (Å²) in [5.74, 6) is 0. The highest BCUT2D eigenvalue weighted by atomic mass is 16.3. The van der Waals surface area contributed by atoms with Gasteiger partial charge in [0.25, 0.3) is 0 Å². The summed E-state index contributed by atoms with van der Waals surface area (Å²) >= 11 is 0. The molecule has 0 atom stereocenters. The Morgan fingerprint density at radius 2 is 1.54 bits per heavy atom. The van der Waals surface area contributed by atoms with Gasteiger partial charge in [0.1, 0.15) is 0 Å². The summed E-state index contributed by atoms with van der Waals surface area (Å²) in [5, 5.41) is 13.8. The van der Waals surface area contributed by atoms with Gasteiger partial charge >= 0.3 is 0 Å². The minimum absolute atomic E-state index is 0.0626. The maximum Gasteiger partial charge on any atom is 0.0808 e. The van der Waals surface area contributed by atoms with Gasteiger partial charge in [0.15, 0.2) is 0 Å². The zero-order chi connectivity index (χ0) is 17.8. The number of benzene rings is 2. The summed E-state index contributed by atoms with van der Waals surface area (Å²) in [6.45, 7) is 0.535. The third-order valence-corrected chi connectivity index (χ3v) is 4.32. The second-order valence-corrected chi connectivity index (χ2v) is 5.98. The highest BCUT2D eigenvalue weighted by molar-refractivity contribution is 6.04. The molecular formula is C22H19N3O. The van der Waals surface area contributed by atoms with Gasteiger partial charge in [0.2, 0.25) is 0 Å². The van der Waals surface area contributed by atoms with Crippen molar-refractivity contribution in [1.82, 2.24) is 9.97 Å². The zero-order valence-corrected chi connectivity index (χ0v) is 14.3. The molecule has 2 aromatic carbocycles. The molecule has 4 heteroatoms. The molecule has 0 bridgehead atoms. The molecule has 2 N–H and O–H groups in total. The molecule has 0 unspecified atom stereocenters. The quantitative estimate of drug-likeness (QED) is 0.566. The number of fused-ring (bicyclic) bond motifs is 1. The average Bonchev–Trinajstić information content (AvgIpc) is 2.72. The van der Waals surface area contributed by atoms with Crippen molar-refractivity contribution in [2.45, 2.75) is 0 Å². The number of rotatable bonds is 5. The number of anilines is 1. The maximum atomic E-state index is 9.36. The van der Waals surface area contributed by atoms with Gasteiger partial charge in [-0.05, 0) is 23.8 Å².